The van der Waals surface area contributed by atoms with Crippen LogP contribution in [0.25, 0.3) is 0 Å². The minimum atomic E-state index is 0.107. The van der Waals surface area contributed by atoms with Gasteiger partial charge >= 0.3 is 0 Å². The van der Waals surface area contributed by atoms with Gasteiger partial charge in [-0.3, -0.25) is 4.68 Å². The Morgan fingerprint density at radius 1 is 1.46 bits per heavy atom. The van der Waals surface area contributed by atoms with Gasteiger partial charge in [-0.15, -0.1) is 0 Å². The Morgan fingerprint density at radius 2 is 2.15 bits per heavy atom. The highest BCUT2D eigenvalue weighted by Gasteiger charge is 2.22. The monoisotopic (exact) mass is 179 g/mol. The van der Waals surface area contributed by atoms with Gasteiger partial charge in [0.2, 0.25) is 0 Å². The number of nitrogens with one attached hydrogen (secondary N) is 1. The van der Waals surface area contributed by atoms with Crippen LogP contribution in [0.5, 0.6) is 0 Å². The lowest BCUT2D eigenvalue weighted by Gasteiger charge is -2.26. The molecule has 1 aliphatic heterocycles. The Bertz CT molecular complexity index is 291. The highest BCUT2D eigenvalue weighted by molar-refractivity contribution is 5.16. The summed E-state index contributed by atoms with van der Waals surface area (Å²) in [5.41, 5.74) is 1.48. The second kappa shape index (κ2) is 2.84. The summed E-state index contributed by atoms with van der Waals surface area (Å²) < 4.78 is 2.04. The Hall–Kier alpha value is -0.830. The van der Waals surface area contributed by atoms with E-state index in [2.05, 4.69) is 37.4 Å². The third-order valence-electron chi connectivity index (χ3n) is 2.54. The molecule has 0 spiro atoms. The lowest BCUT2D eigenvalue weighted by atomic mass is 9.97. The molecule has 0 unspecified atom stereocenters. The normalized spacial score (nSPS) is 18.7. The van der Waals surface area contributed by atoms with Gasteiger partial charge < -0.3 is 5.32 Å². The minimum absolute atomic E-state index is 0.107. The fraction of sp³-hybridized carbons (Fsp3) is 0.700. The molecule has 3 heteroatoms. The topological polar surface area (TPSA) is 29.9 Å². The van der Waals surface area contributed by atoms with Crippen LogP contribution in [-0.2, 0) is 5.54 Å². The zero-order valence-electron chi connectivity index (χ0n) is 8.54. The highest BCUT2D eigenvalue weighted by Crippen LogP contribution is 2.21. The molecule has 1 aromatic rings. The standard InChI is InChI=1S/C10H17N3/c1-10(2,3)13-7-9(6-12-13)8-4-11-5-8/h6-8,11H,4-5H2,1-3H3. The molecule has 2 rings (SSSR count). The molecule has 1 aromatic heterocycles. The molecule has 0 saturated carbocycles. The van der Waals surface area contributed by atoms with E-state index >= 15 is 0 Å². The smallest absolute Gasteiger partial charge is 0.0543 e. The molecule has 0 aromatic carbocycles. The summed E-state index contributed by atoms with van der Waals surface area (Å²) in [6.45, 7) is 8.72. The molecular weight excluding hydrogens is 162 g/mol. The van der Waals surface area contributed by atoms with Crippen molar-refractivity contribution >= 4 is 0 Å². The van der Waals surface area contributed by atoms with Gasteiger partial charge in [-0.2, -0.15) is 5.10 Å². The van der Waals surface area contributed by atoms with Gasteiger partial charge in [0.05, 0.1) is 11.7 Å². The van der Waals surface area contributed by atoms with E-state index in [4.69, 9.17) is 0 Å². The van der Waals surface area contributed by atoms with Crippen LogP contribution in [0.1, 0.15) is 32.3 Å². The summed E-state index contributed by atoms with van der Waals surface area (Å²) in [6, 6.07) is 0. The van der Waals surface area contributed by atoms with E-state index in [1.54, 1.807) is 0 Å². The Balaban J connectivity index is 2.17. The van der Waals surface area contributed by atoms with Crippen molar-refractivity contribution in [3.8, 4) is 0 Å². The zero-order valence-corrected chi connectivity index (χ0v) is 8.54. The van der Waals surface area contributed by atoms with Gasteiger partial charge in [0, 0.05) is 25.2 Å². The third kappa shape index (κ3) is 1.61. The van der Waals surface area contributed by atoms with Crippen molar-refractivity contribution in [3.05, 3.63) is 18.0 Å². The van der Waals surface area contributed by atoms with E-state index in [0.29, 0.717) is 5.92 Å². The molecule has 72 valence electrons. The van der Waals surface area contributed by atoms with Crippen LogP contribution < -0.4 is 5.32 Å². The number of hydrogen-bond donors (Lipinski definition) is 1. The fourth-order valence-corrected chi connectivity index (χ4v) is 1.44. The number of aromatic nitrogens is 2. The van der Waals surface area contributed by atoms with Gasteiger partial charge in [-0.1, -0.05) is 0 Å². The van der Waals surface area contributed by atoms with Crippen LogP contribution in [0.4, 0.5) is 0 Å². The molecule has 0 radical (unpaired) electrons. The molecule has 0 bridgehead atoms. The SMILES string of the molecule is CC(C)(C)n1cc(C2CNC2)cn1. The van der Waals surface area contributed by atoms with Crippen molar-refractivity contribution in [2.45, 2.75) is 32.2 Å². The van der Waals surface area contributed by atoms with Crippen LogP contribution >= 0.6 is 0 Å². The Kier molecular flexibility index (Phi) is 1.91. The molecule has 1 fully saturated rings. The van der Waals surface area contributed by atoms with Crippen LogP contribution in [0.3, 0.4) is 0 Å². The largest absolute Gasteiger partial charge is 0.315 e. The molecule has 0 aliphatic carbocycles. The summed E-state index contributed by atoms with van der Waals surface area (Å²) in [7, 11) is 0. The first-order chi connectivity index (χ1) is 6.07. The van der Waals surface area contributed by atoms with Crippen LogP contribution in [0.2, 0.25) is 0 Å². The minimum Gasteiger partial charge on any atom is -0.315 e. The van der Waals surface area contributed by atoms with E-state index < -0.39 is 0 Å². The second-order valence-electron chi connectivity index (χ2n) is 4.74. The van der Waals surface area contributed by atoms with Crippen molar-refractivity contribution in [3.63, 3.8) is 0 Å². The van der Waals surface area contributed by atoms with Crippen molar-refractivity contribution in [2.75, 3.05) is 13.1 Å². The molecule has 1 saturated heterocycles. The van der Waals surface area contributed by atoms with Crippen LogP contribution in [0, 0.1) is 0 Å². The second-order valence-corrected chi connectivity index (χ2v) is 4.74. The predicted octanol–water partition coefficient (Wildman–Crippen LogP) is 1.32. The van der Waals surface area contributed by atoms with E-state index in [9.17, 15) is 0 Å². The lowest BCUT2D eigenvalue weighted by molar-refractivity contribution is 0.354. The molecule has 0 atom stereocenters. The summed E-state index contributed by atoms with van der Waals surface area (Å²) in [5, 5.41) is 7.65. The summed E-state index contributed by atoms with van der Waals surface area (Å²) in [5.74, 6) is 0.691. The van der Waals surface area contributed by atoms with Gasteiger partial charge in [0.15, 0.2) is 0 Å². The first-order valence-corrected chi connectivity index (χ1v) is 4.83. The fourth-order valence-electron chi connectivity index (χ4n) is 1.44. The first kappa shape index (κ1) is 8.75. The van der Waals surface area contributed by atoms with E-state index in [0.717, 1.165) is 13.1 Å². The summed E-state index contributed by atoms with van der Waals surface area (Å²) in [4.78, 5) is 0. The zero-order chi connectivity index (χ0) is 9.47. The van der Waals surface area contributed by atoms with Crippen molar-refractivity contribution < 1.29 is 0 Å². The maximum Gasteiger partial charge on any atom is 0.0543 e. The van der Waals surface area contributed by atoms with Crippen molar-refractivity contribution in [2.24, 2.45) is 0 Å². The lowest BCUT2D eigenvalue weighted by Crippen LogP contribution is -2.39. The molecular formula is C10H17N3. The van der Waals surface area contributed by atoms with Gasteiger partial charge in [-0.05, 0) is 26.3 Å². The predicted molar refractivity (Wildman–Crippen MR) is 52.8 cm³/mol. The molecule has 1 N–H and O–H groups in total. The molecule has 13 heavy (non-hydrogen) atoms. The summed E-state index contributed by atoms with van der Waals surface area (Å²) in [6.07, 6.45) is 4.17. The Labute approximate surface area is 79.1 Å². The maximum absolute atomic E-state index is 4.38. The average Bonchev–Trinajstić information content (AvgIpc) is 2.29. The van der Waals surface area contributed by atoms with Gasteiger partial charge in [0.25, 0.3) is 0 Å². The molecule has 2 heterocycles. The molecule has 1 aliphatic rings. The van der Waals surface area contributed by atoms with Crippen LogP contribution in [0.15, 0.2) is 12.4 Å². The third-order valence-corrected chi connectivity index (χ3v) is 2.54. The average molecular weight is 179 g/mol. The Morgan fingerprint density at radius 3 is 2.54 bits per heavy atom. The maximum atomic E-state index is 4.38. The van der Waals surface area contributed by atoms with E-state index in [1.807, 2.05) is 10.9 Å². The number of hydrogen-bond acceptors (Lipinski definition) is 2. The summed E-state index contributed by atoms with van der Waals surface area (Å²) >= 11 is 0. The number of nitrogens with zero attached hydrogens (tertiary/aromatic N) is 2. The van der Waals surface area contributed by atoms with Gasteiger partial charge in [0.1, 0.15) is 0 Å². The van der Waals surface area contributed by atoms with Crippen molar-refractivity contribution in [1.29, 1.82) is 0 Å². The highest BCUT2D eigenvalue weighted by atomic mass is 15.3. The molecule has 0 amide bonds. The van der Waals surface area contributed by atoms with Crippen LogP contribution in [-0.4, -0.2) is 22.9 Å². The van der Waals surface area contributed by atoms with E-state index in [-0.39, 0.29) is 5.54 Å². The number of rotatable bonds is 1. The van der Waals surface area contributed by atoms with Gasteiger partial charge in [-0.25, -0.2) is 0 Å². The van der Waals surface area contributed by atoms with Crippen molar-refractivity contribution in [1.82, 2.24) is 15.1 Å². The quantitative estimate of drug-likeness (QED) is 0.704. The first-order valence-electron chi connectivity index (χ1n) is 4.83. The molecule has 3 nitrogen and oxygen atoms in total. The van der Waals surface area contributed by atoms with E-state index in [1.165, 1.54) is 5.56 Å².